The molecule has 2 aromatic heterocycles. The lowest BCUT2D eigenvalue weighted by Gasteiger charge is -1.95. The van der Waals surface area contributed by atoms with Crippen LogP contribution < -0.4 is 5.32 Å². The van der Waals surface area contributed by atoms with Crippen LogP contribution in [0, 0.1) is 0 Å². The fraction of sp³-hybridized carbons (Fsp3) is 0.364. The lowest BCUT2D eigenvalue weighted by atomic mass is 10.3. The van der Waals surface area contributed by atoms with Crippen molar-refractivity contribution in [2.24, 2.45) is 0 Å². The average molecular weight is 204 g/mol. The fourth-order valence-electron chi connectivity index (χ4n) is 1.47. The van der Waals surface area contributed by atoms with Crippen molar-refractivity contribution in [3.8, 4) is 11.5 Å². The Morgan fingerprint density at radius 3 is 3.07 bits per heavy atom. The lowest BCUT2D eigenvalue weighted by Crippen LogP contribution is -2.15. The molecule has 3 rings (SSSR count). The van der Waals surface area contributed by atoms with Crippen molar-refractivity contribution < 1.29 is 8.94 Å². The summed E-state index contributed by atoms with van der Waals surface area (Å²) < 4.78 is 10.4. The maximum Gasteiger partial charge on any atom is 0.202 e. The molecular formula is C11H12N2O2. The molecule has 4 heteroatoms. The first-order valence-corrected chi connectivity index (χ1v) is 5.15. The van der Waals surface area contributed by atoms with Gasteiger partial charge >= 0.3 is 0 Å². The Hall–Kier alpha value is -1.55. The predicted molar refractivity (Wildman–Crippen MR) is 54.1 cm³/mol. The highest BCUT2D eigenvalue weighted by Crippen LogP contribution is 2.22. The van der Waals surface area contributed by atoms with Crippen LogP contribution in [0.2, 0.25) is 0 Å². The van der Waals surface area contributed by atoms with Gasteiger partial charge in [0.2, 0.25) is 5.76 Å². The quantitative estimate of drug-likeness (QED) is 0.829. The van der Waals surface area contributed by atoms with E-state index in [1.165, 1.54) is 12.8 Å². The van der Waals surface area contributed by atoms with E-state index in [-0.39, 0.29) is 0 Å². The second kappa shape index (κ2) is 3.55. The summed E-state index contributed by atoms with van der Waals surface area (Å²) in [4.78, 5) is 0. The number of hydrogen-bond donors (Lipinski definition) is 1. The van der Waals surface area contributed by atoms with Crippen LogP contribution in [0.3, 0.4) is 0 Å². The molecule has 0 aliphatic heterocycles. The van der Waals surface area contributed by atoms with Crippen LogP contribution in [0.5, 0.6) is 0 Å². The number of aromatic nitrogens is 1. The zero-order valence-electron chi connectivity index (χ0n) is 8.27. The van der Waals surface area contributed by atoms with E-state index in [0.717, 1.165) is 18.0 Å². The SMILES string of the molecule is c1coc(-c2cc(CNC3CC3)no2)c1. The van der Waals surface area contributed by atoms with E-state index in [2.05, 4.69) is 10.5 Å². The van der Waals surface area contributed by atoms with Crippen molar-refractivity contribution in [2.75, 3.05) is 0 Å². The topological polar surface area (TPSA) is 51.2 Å². The Kier molecular flexibility index (Phi) is 2.07. The molecule has 0 saturated heterocycles. The van der Waals surface area contributed by atoms with Gasteiger partial charge in [0.1, 0.15) is 0 Å². The molecule has 0 bridgehead atoms. The van der Waals surface area contributed by atoms with Crippen molar-refractivity contribution in [1.29, 1.82) is 0 Å². The number of hydrogen-bond acceptors (Lipinski definition) is 4. The lowest BCUT2D eigenvalue weighted by molar-refractivity contribution is 0.407. The van der Waals surface area contributed by atoms with Gasteiger partial charge in [-0.2, -0.15) is 0 Å². The van der Waals surface area contributed by atoms with Gasteiger partial charge in [-0.05, 0) is 25.0 Å². The molecule has 0 aromatic carbocycles. The summed E-state index contributed by atoms with van der Waals surface area (Å²) in [5.41, 5.74) is 0.924. The van der Waals surface area contributed by atoms with E-state index >= 15 is 0 Å². The minimum atomic E-state index is 0.688. The second-order valence-electron chi connectivity index (χ2n) is 3.81. The summed E-state index contributed by atoms with van der Waals surface area (Å²) >= 11 is 0. The Balaban J connectivity index is 1.69. The highest BCUT2D eigenvalue weighted by atomic mass is 16.5. The van der Waals surface area contributed by atoms with E-state index in [1.807, 2.05) is 18.2 Å². The molecule has 1 aliphatic carbocycles. The van der Waals surface area contributed by atoms with Gasteiger partial charge in [0.15, 0.2) is 5.76 Å². The van der Waals surface area contributed by atoms with Crippen LogP contribution in [-0.2, 0) is 6.54 Å². The molecular weight excluding hydrogens is 192 g/mol. The van der Waals surface area contributed by atoms with Gasteiger partial charge < -0.3 is 14.3 Å². The third kappa shape index (κ3) is 1.94. The molecule has 2 heterocycles. The zero-order chi connectivity index (χ0) is 10.1. The van der Waals surface area contributed by atoms with E-state index in [4.69, 9.17) is 8.94 Å². The van der Waals surface area contributed by atoms with Gasteiger partial charge in [-0.25, -0.2) is 0 Å². The van der Waals surface area contributed by atoms with Crippen molar-refractivity contribution in [3.63, 3.8) is 0 Å². The van der Waals surface area contributed by atoms with Crippen LogP contribution in [0.15, 0.2) is 33.4 Å². The summed E-state index contributed by atoms with van der Waals surface area (Å²) in [6.45, 7) is 0.773. The van der Waals surface area contributed by atoms with E-state index < -0.39 is 0 Å². The molecule has 1 aliphatic rings. The van der Waals surface area contributed by atoms with Gasteiger partial charge in [-0.1, -0.05) is 5.16 Å². The third-order valence-electron chi connectivity index (χ3n) is 2.47. The van der Waals surface area contributed by atoms with Crippen molar-refractivity contribution >= 4 is 0 Å². The van der Waals surface area contributed by atoms with E-state index in [0.29, 0.717) is 11.8 Å². The molecule has 0 radical (unpaired) electrons. The molecule has 0 atom stereocenters. The smallest absolute Gasteiger partial charge is 0.202 e. The Labute approximate surface area is 87.3 Å². The number of nitrogens with zero attached hydrogens (tertiary/aromatic N) is 1. The highest BCUT2D eigenvalue weighted by molar-refractivity contribution is 5.49. The minimum Gasteiger partial charge on any atom is -0.461 e. The molecule has 78 valence electrons. The highest BCUT2D eigenvalue weighted by Gasteiger charge is 2.20. The molecule has 0 spiro atoms. The van der Waals surface area contributed by atoms with Crippen LogP contribution in [0.25, 0.3) is 11.5 Å². The first kappa shape index (κ1) is 8.73. The molecule has 15 heavy (non-hydrogen) atoms. The van der Waals surface area contributed by atoms with Crippen LogP contribution in [0.4, 0.5) is 0 Å². The van der Waals surface area contributed by atoms with Crippen LogP contribution >= 0.6 is 0 Å². The summed E-state index contributed by atoms with van der Waals surface area (Å²) in [7, 11) is 0. The predicted octanol–water partition coefficient (Wildman–Crippen LogP) is 2.19. The first-order chi connectivity index (χ1) is 7.42. The number of rotatable bonds is 4. The third-order valence-corrected chi connectivity index (χ3v) is 2.47. The van der Waals surface area contributed by atoms with Gasteiger partial charge in [0.25, 0.3) is 0 Å². The average Bonchev–Trinajstić information content (AvgIpc) is 2.78. The maximum absolute atomic E-state index is 5.22. The zero-order valence-corrected chi connectivity index (χ0v) is 8.27. The Bertz CT molecular complexity index is 429. The molecule has 1 saturated carbocycles. The second-order valence-corrected chi connectivity index (χ2v) is 3.81. The largest absolute Gasteiger partial charge is 0.461 e. The van der Waals surface area contributed by atoms with Crippen LogP contribution in [-0.4, -0.2) is 11.2 Å². The molecule has 0 amide bonds. The Morgan fingerprint density at radius 2 is 2.33 bits per heavy atom. The van der Waals surface area contributed by atoms with Gasteiger partial charge in [-0.15, -0.1) is 0 Å². The van der Waals surface area contributed by atoms with Gasteiger partial charge in [0, 0.05) is 18.7 Å². The number of furan rings is 1. The van der Waals surface area contributed by atoms with Crippen molar-refractivity contribution in [2.45, 2.75) is 25.4 Å². The van der Waals surface area contributed by atoms with Crippen molar-refractivity contribution in [1.82, 2.24) is 10.5 Å². The van der Waals surface area contributed by atoms with Crippen molar-refractivity contribution in [3.05, 3.63) is 30.2 Å². The summed E-state index contributed by atoms with van der Waals surface area (Å²) in [6, 6.07) is 6.29. The fourth-order valence-corrected chi connectivity index (χ4v) is 1.47. The minimum absolute atomic E-state index is 0.688. The Morgan fingerprint density at radius 1 is 1.40 bits per heavy atom. The molecule has 1 fully saturated rings. The molecule has 4 nitrogen and oxygen atoms in total. The normalized spacial score (nSPS) is 15.7. The monoisotopic (exact) mass is 204 g/mol. The van der Waals surface area contributed by atoms with Crippen LogP contribution in [0.1, 0.15) is 18.5 Å². The van der Waals surface area contributed by atoms with E-state index in [1.54, 1.807) is 6.26 Å². The number of nitrogens with one attached hydrogen (secondary N) is 1. The standard InChI is InChI=1S/C11H12N2O2/c1-2-10(14-5-1)11-6-9(13-15-11)7-12-8-3-4-8/h1-2,5-6,8,12H,3-4,7H2. The van der Waals surface area contributed by atoms with Gasteiger partial charge in [0.05, 0.1) is 12.0 Å². The summed E-state index contributed by atoms with van der Waals surface area (Å²) in [6.07, 6.45) is 4.19. The summed E-state index contributed by atoms with van der Waals surface area (Å²) in [5.74, 6) is 1.41. The van der Waals surface area contributed by atoms with E-state index in [9.17, 15) is 0 Å². The molecule has 1 N–H and O–H groups in total. The molecule has 0 unspecified atom stereocenters. The van der Waals surface area contributed by atoms with Gasteiger partial charge in [-0.3, -0.25) is 0 Å². The first-order valence-electron chi connectivity index (χ1n) is 5.15. The summed E-state index contributed by atoms with van der Waals surface area (Å²) in [5, 5.41) is 7.35. The molecule has 2 aromatic rings. The maximum atomic E-state index is 5.22.